The Labute approximate surface area is 155 Å². The van der Waals surface area contributed by atoms with Crippen LogP contribution < -0.4 is 10.6 Å². The summed E-state index contributed by atoms with van der Waals surface area (Å²) in [5.74, 6) is 0.476. The summed E-state index contributed by atoms with van der Waals surface area (Å²) in [7, 11) is 0. The van der Waals surface area contributed by atoms with Gasteiger partial charge in [0.25, 0.3) is 0 Å². The highest BCUT2D eigenvalue weighted by Crippen LogP contribution is 2.31. The van der Waals surface area contributed by atoms with Crippen LogP contribution in [0, 0.1) is 10.8 Å². The van der Waals surface area contributed by atoms with Crippen LogP contribution >= 0.6 is 0 Å². The maximum Gasteiger partial charge on any atom is 0.232 e. The molecule has 0 fully saturated rings. The highest BCUT2D eigenvalue weighted by Gasteiger charge is 2.27. The lowest BCUT2D eigenvalue weighted by atomic mass is 9.91. The molecule has 0 atom stereocenters. The van der Waals surface area contributed by atoms with Gasteiger partial charge < -0.3 is 5.32 Å². The Balaban J connectivity index is 2.43. The van der Waals surface area contributed by atoms with E-state index in [1.807, 2.05) is 48.5 Å². The number of nitrogens with one attached hydrogen (secondary N) is 2. The van der Waals surface area contributed by atoms with E-state index >= 15 is 0 Å². The van der Waals surface area contributed by atoms with E-state index in [1.54, 1.807) is 0 Å². The molecule has 0 aromatic carbocycles. The highest BCUT2D eigenvalue weighted by molar-refractivity contribution is 5.96. The average molecular weight is 358 g/mol. The maximum absolute atomic E-state index is 12.5. The van der Waals surface area contributed by atoms with Gasteiger partial charge in [0.1, 0.15) is 5.82 Å². The molecule has 142 valence electrons. The van der Waals surface area contributed by atoms with Crippen molar-refractivity contribution in [2.45, 2.75) is 67.7 Å². The Morgan fingerprint density at radius 1 is 0.923 bits per heavy atom. The molecular weight excluding hydrogens is 328 g/mol. The van der Waals surface area contributed by atoms with Gasteiger partial charge in [0.15, 0.2) is 0 Å². The number of hydrogen-bond donors (Lipinski definition) is 2. The van der Waals surface area contributed by atoms with Crippen molar-refractivity contribution in [1.82, 2.24) is 9.97 Å². The Morgan fingerprint density at radius 2 is 1.50 bits per heavy atom. The molecule has 0 spiro atoms. The average Bonchev–Trinajstić information content (AvgIpc) is 2.52. The van der Waals surface area contributed by atoms with Crippen molar-refractivity contribution in [1.29, 1.82) is 0 Å². The van der Waals surface area contributed by atoms with E-state index in [2.05, 4.69) is 26.7 Å². The Bertz CT molecular complexity index is 752. The van der Waals surface area contributed by atoms with E-state index in [1.165, 1.54) is 5.57 Å². The molecule has 2 N–H and O–H groups in total. The van der Waals surface area contributed by atoms with Gasteiger partial charge in [-0.05, 0) is 26.2 Å². The number of hydrogen-bond acceptors (Lipinski definition) is 4. The second-order valence-corrected chi connectivity index (χ2v) is 8.85. The molecule has 2 amide bonds. The van der Waals surface area contributed by atoms with Crippen molar-refractivity contribution in [3.8, 4) is 0 Å². The molecule has 6 heteroatoms. The zero-order valence-electron chi connectivity index (χ0n) is 16.9. The van der Waals surface area contributed by atoms with E-state index < -0.39 is 10.8 Å². The lowest BCUT2D eigenvalue weighted by molar-refractivity contribution is -0.123. The van der Waals surface area contributed by atoms with Gasteiger partial charge in [0, 0.05) is 16.4 Å². The molecule has 1 aliphatic rings. The minimum Gasteiger partial charge on any atom is -0.310 e. The van der Waals surface area contributed by atoms with Gasteiger partial charge in [-0.2, -0.15) is 4.98 Å². The summed E-state index contributed by atoms with van der Waals surface area (Å²) in [6, 6.07) is 0. The quantitative estimate of drug-likeness (QED) is 0.786. The second kappa shape index (κ2) is 7.17. The third kappa shape index (κ3) is 4.68. The smallest absolute Gasteiger partial charge is 0.232 e. The van der Waals surface area contributed by atoms with Crippen molar-refractivity contribution in [2.75, 3.05) is 10.6 Å². The number of fused-ring (bicyclic) bond motifs is 1. The first kappa shape index (κ1) is 20.1. The summed E-state index contributed by atoms with van der Waals surface area (Å²) in [6.07, 6.45) is 4.53. The molecule has 0 unspecified atom stereocenters. The second-order valence-electron chi connectivity index (χ2n) is 8.85. The summed E-state index contributed by atoms with van der Waals surface area (Å²) in [4.78, 5) is 33.8. The van der Waals surface area contributed by atoms with Crippen LogP contribution in [0.25, 0.3) is 0 Å². The molecule has 1 heterocycles. The number of aryl methyl sites for hydroxylation is 1. The first-order chi connectivity index (χ1) is 11.9. The standard InChI is InChI=1S/C20H30N4O2/c1-8-12-9-10-14-13(11-12)15(22-16(25)19(2,3)4)23-18(21-14)24-17(26)20(5,6)7/h8H,9-11H2,1-7H3,(H2,21,22,23,24,25,26). The van der Waals surface area contributed by atoms with E-state index in [0.29, 0.717) is 5.82 Å². The minimum atomic E-state index is -0.549. The molecule has 1 aromatic heterocycles. The van der Waals surface area contributed by atoms with Crippen LogP contribution in [-0.4, -0.2) is 21.8 Å². The molecule has 26 heavy (non-hydrogen) atoms. The predicted octanol–water partition coefficient (Wildman–Crippen LogP) is 3.88. The summed E-state index contributed by atoms with van der Waals surface area (Å²) < 4.78 is 0. The fraction of sp³-hybridized carbons (Fsp3) is 0.600. The Morgan fingerprint density at radius 3 is 2.04 bits per heavy atom. The van der Waals surface area contributed by atoms with Gasteiger partial charge in [0.05, 0.1) is 5.69 Å². The monoisotopic (exact) mass is 358 g/mol. The minimum absolute atomic E-state index is 0.112. The largest absolute Gasteiger partial charge is 0.310 e. The van der Waals surface area contributed by atoms with Gasteiger partial charge in [0.2, 0.25) is 17.8 Å². The first-order valence-electron chi connectivity index (χ1n) is 9.08. The van der Waals surface area contributed by atoms with E-state index in [0.717, 1.165) is 30.5 Å². The first-order valence-corrected chi connectivity index (χ1v) is 9.08. The van der Waals surface area contributed by atoms with Crippen LogP contribution in [0.4, 0.5) is 11.8 Å². The van der Waals surface area contributed by atoms with Crippen LogP contribution in [0.5, 0.6) is 0 Å². The van der Waals surface area contributed by atoms with Crippen LogP contribution in [0.1, 0.15) is 66.1 Å². The zero-order valence-corrected chi connectivity index (χ0v) is 16.9. The SMILES string of the molecule is CC=C1CCc2nc(NC(=O)C(C)(C)C)nc(NC(=O)C(C)(C)C)c2C1. The Kier molecular flexibility index (Phi) is 5.54. The predicted molar refractivity (Wildman–Crippen MR) is 104 cm³/mol. The summed E-state index contributed by atoms with van der Waals surface area (Å²) in [6.45, 7) is 13.1. The number of rotatable bonds is 2. The lowest BCUT2D eigenvalue weighted by Gasteiger charge is -2.24. The summed E-state index contributed by atoms with van der Waals surface area (Å²) in [5, 5.41) is 5.72. The van der Waals surface area contributed by atoms with E-state index in [9.17, 15) is 9.59 Å². The van der Waals surface area contributed by atoms with E-state index in [-0.39, 0.29) is 17.8 Å². The third-order valence-electron chi connectivity index (χ3n) is 4.41. The van der Waals surface area contributed by atoms with Crippen LogP contribution in [-0.2, 0) is 22.4 Å². The van der Waals surface area contributed by atoms with Gasteiger partial charge in [-0.15, -0.1) is 0 Å². The maximum atomic E-state index is 12.5. The molecule has 1 aliphatic carbocycles. The van der Waals surface area contributed by atoms with Gasteiger partial charge in [-0.3, -0.25) is 14.9 Å². The van der Waals surface area contributed by atoms with Crippen molar-refractivity contribution in [3.05, 3.63) is 22.9 Å². The zero-order chi connectivity index (χ0) is 19.7. The Hall–Kier alpha value is -2.24. The number of allylic oxidation sites excluding steroid dienone is 2. The number of nitrogens with zero attached hydrogens (tertiary/aromatic N) is 2. The molecule has 1 aromatic rings. The molecule has 0 radical (unpaired) electrons. The number of amides is 2. The molecule has 0 saturated heterocycles. The van der Waals surface area contributed by atoms with Crippen molar-refractivity contribution in [3.63, 3.8) is 0 Å². The molecule has 2 rings (SSSR count). The molecule has 0 aliphatic heterocycles. The van der Waals surface area contributed by atoms with Crippen molar-refractivity contribution < 1.29 is 9.59 Å². The number of carbonyl (C=O) groups is 2. The lowest BCUT2D eigenvalue weighted by Crippen LogP contribution is -2.31. The molecule has 0 bridgehead atoms. The summed E-state index contributed by atoms with van der Waals surface area (Å²) >= 11 is 0. The van der Waals surface area contributed by atoms with Crippen molar-refractivity contribution in [2.24, 2.45) is 10.8 Å². The molecular formula is C20H30N4O2. The summed E-state index contributed by atoms with van der Waals surface area (Å²) in [5.41, 5.74) is 2.05. The normalized spacial score (nSPS) is 16.2. The molecule has 6 nitrogen and oxygen atoms in total. The van der Waals surface area contributed by atoms with Gasteiger partial charge in [-0.25, -0.2) is 4.98 Å². The molecule has 0 saturated carbocycles. The van der Waals surface area contributed by atoms with Gasteiger partial charge >= 0.3 is 0 Å². The van der Waals surface area contributed by atoms with Crippen LogP contribution in [0.3, 0.4) is 0 Å². The van der Waals surface area contributed by atoms with Crippen LogP contribution in [0.15, 0.2) is 11.6 Å². The third-order valence-corrected chi connectivity index (χ3v) is 4.41. The fourth-order valence-corrected chi connectivity index (χ4v) is 2.51. The highest BCUT2D eigenvalue weighted by atomic mass is 16.2. The number of carbonyl (C=O) groups excluding carboxylic acids is 2. The number of aromatic nitrogens is 2. The topological polar surface area (TPSA) is 84.0 Å². The van der Waals surface area contributed by atoms with Gasteiger partial charge in [-0.1, -0.05) is 53.2 Å². The number of anilines is 2. The van der Waals surface area contributed by atoms with Crippen molar-refractivity contribution >= 4 is 23.6 Å². The van der Waals surface area contributed by atoms with Crippen LogP contribution in [0.2, 0.25) is 0 Å². The fourth-order valence-electron chi connectivity index (χ4n) is 2.51. The van der Waals surface area contributed by atoms with E-state index in [4.69, 9.17) is 0 Å².